The third-order valence-electron chi connectivity index (χ3n) is 3.93. The fourth-order valence-electron chi connectivity index (χ4n) is 2.68. The lowest BCUT2D eigenvalue weighted by atomic mass is 10.1. The summed E-state index contributed by atoms with van der Waals surface area (Å²) in [7, 11) is 0. The summed E-state index contributed by atoms with van der Waals surface area (Å²) in [4.78, 5) is 18.0. The molecular formula is C19H19FN2O2S2. The fraction of sp³-hybridized carbons (Fsp3) is 0.263. The Kier molecular flexibility index (Phi) is 6.46. The van der Waals surface area contributed by atoms with E-state index in [1.165, 1.54) is 12.1 Å². The molecule has 2 heterocycles. The maximum absolute atomic E-state index is 13.0. The minimum atomic E-state index is -0.911. The van der Waals surface area contributed by atoms with Crippen molar-refractivity contribution in [3.63, 3.8) is 0 Å². The molecule has 0 bridgehead atoms. The van der Waals surface area contributed by atoms with E-state index < -0.39 is 5.97 Å². The van der Waals surface area contributed by atoms with Crippen LogP contribution in [-0.4, -0.2) is 33.3 Å². The molecule has 7 heteroatoms. The number of benzene rings is 1. The van der Waals surface area contributed by atoms with E-state index in [-0.39, 0.29) is 5.82 Å². The quantitative estimate of drug-likeness (QED) is 0.681. The van der Waals surface area contributed by atoms with Gasteiger partial charge in [-0.3, -0.25) is 0 Å². The molecule has 0 unspecified atom stereocenters. The Morgan fingerprint density at radius 1 is 1.35 bits per heavy atom. The lowest BCUT2D eigenvalue weighted by Gasteiger charge is -2.28. The largest absolute Gasteiger partial charge is 0.478 e. The van der Waals surface area contributed by atoms with Gasteiger partial charge < -0.3 is 10.0 Å². The molecule has 0 atom stereocenters. The highest BCUT2D eigenvalue weighted by Crippen LogP contribution is 2.30. The molecule has 0 amide bonds. The van der Waals surface area contributed by atoms with Gasteiger partial charge in [-0.15, -0.1) is 23.1 Å². The van der Waals surface area contributed by atoms with Gasteiger partial charge in [0.25, 0.3) is 0 Å². The number of rotatable bonds is 8. The summed E-state index contributed by atoms with van der Waals surface area (Å²) in [6.45, 7) is 1.29. The molecule has 1 aromatic heterocycles. The molecule has 0 fully saturated rings. The fourth-order valence-corrected chi connectivity index (χ4v) is 4.43. The zero-order valence-corrected chi connectivity index (χ0v) is 15.7. The van der Waals surface area contributed by atoms with E-state index in [1.54, 1.807) is 47.5 Å². The van der Waals surface area contributed by atoms with Gasteiger partial charge in [-0.2, -0.15) is 0 Å². The van der Waals surface area contributed by atoms with Crippen LogP contribution in [-0.2, 0) is 17.8 Å². The molecule has 0 aliphatic carbocycles. The first-order valence-corrected chi connectivity index (χ1v) is 10.1. The van der Waals surface area contributed by atoms with Crippen molar-refractivity contribution >= 4 is 29.1 Å². The molecule has 26 heavy (non-hydrogen) atoms. The average molecular weight is 391 g/mol. The third-order valence-corrected chi connectivity index (χ3v) is 5.94. The van der Waals surface area contributed by atoms with Crippen molar-refractivity contribution in [1.82, 2.24) is 9.88 Å². The van der Waals surface area contributed by atoms with Gasteiger partial charge in [0.05, 0.1) is 17.1 Å². The van der Waals surface area contributed by atoms with Crippen LogP contribution >= 0.6 is 23.1 Å². The molecule has 2 aromatic rings. The van der Waals surface area contributed by atoms with Crippen LogP contribution in [0.1, 0.15) is 17.0 Å². The van der Waals surface area contributed by atoms with Gasteiger partial charge in [-0.1, -0.05) is 18.2 Å². The predicted octanol–water partition coefficient (Wildman–Crippen LogP) is 4.32. The van der Waals surface area contributed by atoms with Crippen molar-refractivity contribution in [2.75, 3.05) is 12.3 Å². The van der Waals surface area contributed by atoms with Crippen LogP contribution in [0.15, 0.2) is 58.6 Å². The van der Waals surface area contributed by atoms with E-state index in [9.17, 15) is 14.3 Å². The summed E-state index contributed by atoms with van der Waals surface area (Å²) in [5.41, 5.74) is 1.42. The molecule has 0 spiro atoms. The second-order valence-electron chi connectivity index (χ2n) is 5.81. The Balaban J connectivity index is 1.63. The Labute approximate surface area is 160 Å². The van der Waals surface area contributed by atoms with Crippen molar-refractivity contribution in [1.29, 1.82) is 0 Å². The first-order valence-electron chi connectivity index (χ1n) is 8.28. The topological polar surface area (TPSA) is 53.4 Å². The number of carboxylic acid groups (broad SMARTS) is 1. The first kappa shape index (κ1) is 18.7. The van der Waals surface area contributed by atoms with Gasteiger partial charge in [0.1, 0.15) is 10.8 Å². The monoisotopic (exact) mass is 390 g/mol. The molecule has 136 valence electrons. The number of nitrogens with zero attached hydrogens (tertiary/aromatic N) is 2. The summed E-state index contributed by atoms with van der Waals surface area (Å²) in [5.74, 6) is -0.344. The number of thioether (sulfide) groups is 1. The SMILES string of the molecule is O=C(O)C1=C(SCCCc2ccc(F)cc2)N(Cc2nccs2)CC=C1. The zero-order chi connectivity index (χ0) is 18.4. The zero-order valence-electron chi connectivity index (χ0n) is 14.1. The van der Waals surface area contributed by atoms with Crippen LogP contribution in [0, 0.1) is 5.82 Å². The second kappa shape index (κ2) is 9.00. The van der Waals surface area contributed by atoms with Crippen LogP contribution in [0.5, 0.6) is 0 Å². The molecule has 1 aromatic carbocycles. The van der Waals surface area contributed by atoms with Crippen LogP contribution in [0.25, 0.3) is 0 Å². The highest BCUT2D eigenvalue weighted by atomic mass is 32.2. The summed E-state index contributed by atoms with van der Waals surface area (Å²) < 4.78 is 13.0. The number of aromatic nitrogens is 1. The van der Waals surface area contributed by atoms with Crippen molar-refractivity contribution in [2.45, 2.75) is 19.4 Å². The van der Waals surface area contributed by atoms with E-state index in [0.29, 0.717) is 18.7 Å². The number of hydrogen-bond donors (Lipinski definition) is 1. The summed E-state index contributed by atoms with van der Waals surface area (Å²) in [6, 6.07) is 6.52. The summed E-state index contributed by atoms with van der Waals surface area (Å²) in [5, 5.41) is 13.2. The van der Waals surface area contributed by atoms with Crippen molar-refractivity contribution in [2.24, 2.45) is 0 Å². The van der Waals surface area contributed by atoms with Gasteiger partial charge in [-0.25, -0.2) is 14.2 Å². The van der Waals surface area contributed by atoms with Gasteiger partial charge in [0, 0.05) is 18.1 Å². The third kappa shape index (κ3) is 4.95. The maximum atomic E-state index is 13.0. The Morgan fingerprint density at radius 3 is 2.85 bits per heavy atom. The number of aryl methyl sites for hydroxylation is 1. The minimum absolute atomic E-state index is 0.230. The summed E-state index contributed by atoms with van der Waals surface area (Å²) in [6.07, 6.45) is 7.05. The number of carbonyl (C=O) groups is 1. The van der Waals surface area contributed by atoms with Crippen molar-refractivity contribution < 1.29 is 14.3 Å². The number of halogens is 1. The Morgan fingerprint density at radius 2 is 2.15 bits per heavy atom. The lowest BCUT2D eigenvalue weighted by Crippen LogP contribution is -2.26. The van der Waals surface area contributed by atoms with Gasteiger partial charge >= 0.3 is 5.97 Å². The molecule has 3 rings (SSSR count). The number of hydrogen-bond acceptors (Lipinski definition) is 5. The molecule has 0 saturated heterocycles. The Hall–Kier alpha value is -2.12. The highest BCUT2D eigenvalue weighted by molar-refractivity contribution is 8.03. The van der Waals surface area contributed by atoms with E-state index in [4.69, 9.17) is 0 Å². The highest BCUT2D eigenvalue weighted by Gasteiger charge is 2.22. The predicted molar refractivity (Wildman–Crippen MR) is 104 cm³/mol. The van der Waals surface area contributed by atoms with Gasteiger partial charge in [-0.05, 0) is 42.4 Å². The average Bonchev–Trinajstić information content (AvgIpc) is 3.14. The minimum Gasteiger partial charge on any atom is -0.478 e. The van der Waals surface area contributed by atoms with E-state index in [1.807, 2.05) is 11.5 Å². The van der Waals surface area contributed by atoms with Crippen LogP contribution in [0.3, 0.4) is 0 Å². The molecule has 0 saturated carbocycles. The summed E-state index contributed by atoms with van der Waals surface area (Å²) >= 11 is 3.13. The molecule has 1 N–H and O–H groups in total. The van der Waals surface area contributed by atoms with E-state index in [0.717, 1.165) is 34.2 Å². The van der Waals surface area contributed by atoms with Crippen LogP contribution in [0.2, 0.25) is 0 Å². The van der Waals surface area contributed by atoms with Crippen LogP contribution < -0.4 is 0 Å². The van der Waals surface area contributed by atoms with Gasteiger partial charge in [0.15, 0.2) is 0 Å². The molecular weight excluding hydrogens is 371 g/mol. The maximum Gasteiger partial charge on any atom is 0.338 e. The van der Waals surface area contributed by atoms with Crippen molar-refractivity contribution in [3.05, 3.63) is 75.0 Å². The standard InChI is InChI=1S/C19H19FN2O2S2/c20-15-7-5-14(6-8-15)3-2-11-26-18-16(19(23)24)4-1-10-22(18)13-17-21-9-12-25-17/h1,4-9,12H,2-3,10-11,13H2,(H,23,24). The van der Waals surface area contributed by atoms with E-state index >= 15 is 0 Å². The number of thiazole rings is 1. The molecule has 4 nitrogen and oxygen atoms in total. The van der Waals surface area contributed by atoms with Gasteiger partial charge in [0.2, 0.25) is 0 Å². The number of aliphatic carboxylic acids is 1. The lowest BCUT2D eigenvalue weighted by molar-refractivity contribution is -0.132. The molecule has 1 aliphatic rings. The van der Waals surface area contributed by atoms with Crippen LogP contribution in [0.4, 0.5) is 4.39 Å². The Bertz CT molecular complexity index is 801. The van der Waals surface area contributed by atoms with Crippen molar-refractivity contribution in [3.8, 4) is 0 Å². The number of carboxylic acids is 1. The normalized spacial score (nSPS) is 14.1. The van der Waals surface area contributed by atoms with E-state index in [2.05, 4.69) is 9.88 Å². The first-order chi connectivity index (χ1) is 12.6. The molecule has 0 radical (unpaired) electrons. The smallest absolute Gasteiger partial charge is 0.338 e. The second-order valence-corrected chi connectivity index (χ2v) is 7.87. The molecule has 1 aliphatic heterocycles.